The van der Waals surface area contributed by atoms with E-state index in [4.69, 9.17) is 27.9 Å². The van der Waals surface area contributed by atoms with E-state index in [-0.39, 0.29) is 5.91 Å². The molecular formula is C9H16Cl2N2O2. The summed E-state index contributed by atoms with van der Waals surface area (Å²) in [7, 11) is 1.59. The first kappa shape index (κ1) is 14.7. The highest BCUT2D eigenvalue weighted by molar-refractivity contribution is 6.36. The number of rotatable bonds is 8. The molecule has 6 heteroatoms. The largest absolute Gasteiger partial charge is 0.383 e. The standard InChI is InChI=1S/C9H16Cl2N2O2/c1-15-5-4-13-9(14)2-3-12-7-8(11)6-10/h6,12H,2-5,7H2,1H3,(H,13,14). The molecule has 15 heavy (non-hydrogen) atoms. The summed E-state index contributed by atoms with van der Waals surface area (Å²) in [6, 6.07) is 0. The highest BCUT2D eigenvalue weighted by Crippen LogP contribution is 1.99. The summed E-state index contributed by atoms with van der Waals surface area (Å²) in [6.07, 6.45) is 0.413. The Bertz CT molecular complexity index is 210. The van der Waals surface area contributed by atoms with E-state index in [1.807, 2.05) is 0 Å². The van der Waals surface area contributed by atoms with Crippen LogP contribution in [0.2, 0.25) is 0 Å². The monoisotopic (exact) mass is 254 g/mol. The van der Waals surface area contributed by atoms with Gasteiger partial charge in [-0.1, -0.05) is 23.2 Å². The van der Waals surface area contributed by atoms with Crippen LogP contribution in [0.15, 0.2) is 10.6 Å². The molecule has 0 radical (unpaired) electrons. The first-order valence-corrected chi connectivity index (χ1v) is 5.43. The summed E-state index contributed by atoms with van der Waals surface area (Å²) in [5.74, 6) is -0.00877. The number of methoxy groups -OCH3 is 1. The maximum absolute atomic E-state index is 11.2. The highest BCUT2D eigenvalue weighted by Gasteiger charge is 1.99. The molecule has 0 aromatic heterocycles. The maximum Gasteiger partial charge on any atom is 0.221 e. The van der Waals surface area contributed by atoms with E-state index in [2.05, 4.69) is 10.6 Å². The van der Waals surface area contributed by atoms with E-state index < -0.39 is 0 Å². The lowest BCUT2D eigenvalue weighted by Crippen LogP contribution is -2.30. The van der Waals surface area contributed by atoms with Gasteiger partial charge in [0.25, 0.3) is 0 Å². The van der Waals surface area contributed by atoms with E-state index in [0.29, 0.717) is 37.7 Å². The molecule has 0 unspecified atom stereocenters. The third-order valence-electron chi connectivity index (χ3n) is 1.57. The Balaban J connectivity index is 3.31. The van der Waals surface area contributed by atoms with Gasteiger partial charge in [0.15, 0.2) is 0 Å². The van der Waals surface area contributed by atoms with Crippen LogP contribution in [0.3, 0.4) is 0 Å². The van der Waals surface area contributed by atoms with Crippen LogP contribution in [-0.2, 0) is 9.53 Å². The topological polar surface area (TPSA) is 50.4 Å². The Hall–Kier alpha value is -0.290. The van der Waals surface area contributed by atoms with Crippen LogP contribution < -0.4 is 10.6 Å². The van der Waals surface area contributed by atoms with E-state index in [9.17, 15) is 4.79 Å². The fraction of sp³-hybridized carbons (Fsp3) is 0.667. The van der Waals surface area contributed by atoms with Crippen molar-refractivity contribution in [2.75, 3.05) is 33.4 Å². The zero-order valence-corrected chi connectivity index (χ0v) is 10.2. The smallest absolute Gasteiger partial charge is 0.221 e. The second kappa shape index (κ2) is 10.2. The molecule has 0 saturated heterocycles. The van der Waals surface area contributed by atoms with Gasteiger partial charge in [-0.05, 0) is 0 Å². The zero-order chi connectivity index (χ0) is 11.5. The van der Waals surface area contributed by atoms with Crippen molar-refractivity contribution in [1.82, 2.24) is 10.6 Å². The lowest BCUT2D eigenvalue weighted by molar-refractivity contribution is -0.121. The van der Waals surface area contributed by atoms with Crippen molar-refractivity contribution >= 4 is 29.1 Å². The van der Waals surface area contributed by atoms with Crippen LogP contribution in [0.5, 0.6) is 0 Å². The highest BCUT2D eigenvalue weighted by atomic mass is 35.5. The predicted molar refractivity (Wildman–Crippen MR) is 62.2 cm³/mol. The average molecular weight is 255 g/mol. The molecule has 0 saturated carbocycles. The second-order valence-corrected chi connectivity index (χ2v) is 3.53. The molecule has 0 spiro atoms. The molecule has 1 amide bonds. The average Bonchev–Trinajstić information content (AvgIpc) is 2.24. The van der Waals surface area contributed by atoms with Gasteiger partial charge >= 0.3 is 0 Å². The van der Waals surface area contributed by atoms with Crippen molar-refractivity contribution in [2.45, 2.75) is 6.42 Å². The summed E-state index contributed by atoms with van der Waals surface area (Å²) < 4.78 is 4.79. The summed E-state index contributed by atoms with van der Waals surface area (Å²) in [6.45, 7) is 2.12. The molecule has 4 nitrogen and oxygen atoms in total. The molecule has 0 fully saturated rings. The zero-order valence-electron chi connectivity index (χ0n) is 8.69. The number of ether oxygens (including phenoxy) is 1. The van der Waals surface area contributed by atoms with Gasteiger partial charge in [-0.2, -0.15) is 0 Å². The SMILES string of the molecule is COCCNC(=O)CCNCC(Cl)=CCl. The molecule has 0 heterocycles. The molecule has 0 aromatic carbocycles. The molecule has 0 aliphatic heterocycles. The van der Waals surface area contributed by atoms with Crippen LogP contribution in [0, 0.1) is 0 Å². The van der Waals surface area contributed by atoms with E-state index in [1.165, 1.54) is 5.54 Å². The molecular weight excluding hydrogens is 239 g/mol. The van der Waals surface area contributed by atoms with Gasteiger partial charge in [-0.15, -0.1) is 0 Å². The molecule has 88 valence electrons. The fourth-order valence-electron chi connectivity index (χ4n) is 0.829. The van der Waals surface area contributed by atoms with Crippen LogP contribution >= 0.6 is 23.2 Å². The fourth-order valence-corrected chi connectivity index (χ4v) is 1.00. The second-order valence-electron chi connectivity index (χ2n) is 2.83. The number of hydrogen-bond donors (Lipinski definition) is 2. The summed E-state index contributed by atoms with van der Waals surface area (Å²) in [5.41, 5.74) is 1.30. The minimum absolute atomic E-state index is 0.00877. The quantitative estimate of drug-likeness (QED) is 0.637. The van der Waals surface area contributed by atoms with Gasteiger partial charge in [0.05, 0.1) is 6.61 Å². The Kier molecular flexibility index (Phi) is 10.0. The summed E-state index contributed by atoms with van der Waals surface area (Å²) >= 11 is 11.0. The summed E-state index contributed by atoms with van der Waals surface area (Å²) in [5, 5.41) is 6.21. The number of amides is 1. The molecule has 0 atom stereocenters. The van der Waals surface area contributed by atoms with Gasteiger partial charge in [-0.25, -0.2) is 0 Å². The molecule has 2 N–H and O–H groups in total. The van der Waals surface area contributed by atoms with Gasteiger partial charge in [-0.3, -0.25) is 4.79 Å². The van der Waals surface area contributed by atoms with Gasteiger partial charge in [0.1, 0.15) is 0 Å². The molecule has 0 aliphatic carbocycles. The number of halogens is 2. The lowest BCUT2D eigenvalue weighted by Gasteiger charge is -2.05. The molecule has 0 aliphatic rings. The van der Waals surface area contributed by atoms with Crippen molar-refractivity contribution < 1.29 is 9.53 Å². The Morgan fingerprint density at radius 1 is 1.47 bits per heavy atom. The van der Waals surface area contributed by atoms with Crippen molar-refractivity contribution in [2.24, 2.45) is 0 Å². The normalized spacial score (nSPS) is 11.5. The van der Waals surface area contributed by atoms with Crippen LogP contribution in [0.25, 0.3) is 0 Å². The third-order valence-corrected chi connectivity index (χ3v) is 2.19. The van der Waals surface area contributed by atoms with Gasteiger partial charge in [0.2, 0.25) is 5.91 Å². The van der Waals surface area contributed by atoms with Crippen molar-refractivity contribution in [3.05, 3.63) is 10.6 Å². The minimum Gasteiger partial charge on any atom is -0.383 e. The molecule has 0 rings (SSSR count). The van der Waals surface area contributed by atoms with Crippen LogP contribution in [0.4, 0.5) is 0 Å². The van der Waals surface area contributed by atoms with Gasteiger partial charge < -0.3 is 15.4 Å². The Morgan fingerprint density at radius 2 is 2.20 bits per heavy atom. The van der Waals surface area contributed by atoms with Crippen molar-refractivity contribution in [3.8, 4) is 0 Å². The number of hydrogen-bond acceptors (Lipinski definition) is 3. The maximum atomic E-state index is 11.2. The van der Waals surface area contributed by atoms with Crippen LogP contribution in [-0.4, -0.2) is 39.3 Å². The number of carbonyl (C=O) groups is 1. The van der Waals surface area contributed by atoms with Crippen molar-refractivity contribution in [1.29, 1.82) is 0 Å². The third kappa shape index (κ3) is 10.0. The first-order valence-electron chi connectivity index (χ1n) is 4.61. The van der Waals surface area contributed by atoms with E-state index >= 15 is 0 Å². The lowest BCUT2D eigenvalue weighted by atomic mass is 10.4. The van der Waals surface area contributed by atoms with Crippen LogP contribution in [0.1, 0.15) is 6.42 Å². The predicted octanol–water partition coefficient (Wildman–Crippen LogP) is 1.05. The number of nitrogens with one attached hydrogen (secondary N) is 2. The number of carbonyl (C=O) groups excluding carboxylic acids is 1. The Morgan fingerprint density at radius 3 is 2.80 bits per heavy atom. The van der Waals surface area contributed by atoms with Gasteiger partial charge in [0, 0.05) is 43.7 Å². The van der Waals surface area contributed by atoms with Crippen molar-refractivity contribution in [3.63, 3.8) is 0 Å². The summed E-state index contributed by atoms with van der Waals surface area (Å²) in [4.78, 5) is 11.2. The minimum atomic E-state index is -0.00877. The van der Waals surface area contributed by atoms with E-state index in [1.54, 1.807) is 7.11 Å². The van der Waals surface area contributed by atoms with E-state index in [0.717, 1.165) is 0 Å². The Labute approximate surface area is 100.0 Å². The first-order chi connectivity index (χ1) is 7.20. The molecule has 0 aromatic rings. The molecule has 0 bridgehead atoms.